The number of hydrogen-bond donors (Lipinski definition) is 1. The van der Waals surface area contributed by atoms with Crippen molar-refractivity contribution in [3.8, 4) is 5.75 Å². The Morgan fingerprint density at radius 2 is 1.90 bits per heavy atom. The summed E-state index contributed by atoms with van der Waals surface area (Å²) in [4.78, 5) is 12.8. The Bertz CT molecular complexity index is 1020. The fourth-order valence-corrected chi connectivity index (χ4v) is 4.85. The fraction of sp³-hybridized carbons (Fsp3) is 0.350. The van der Waals surface area contributed by atoms with Crippen molar-refractivity contribution in [3.05, 3.63) is 52.8 Å². The average Bonchev–Trinajstić information content (AvgIpc) is 2.70. The van der Waals surface area contributed by atoms with E-state index >= 15 is 0 Å². The van der Waals surface area contributed by atoms with Crippen molar-refractivity contribution in [2.45, 2.75) is 24.7 Å². The standard InChI is InChI=1S/C20H22ClFN2O4S/c1-13-7-9-24(10-8-13)29(26,27)15-4-6-19(28-2)16(12-15)20(25)23-14-3-5-18(22)17(21)11-14/h3-6,11-13H,7-10H2,1-2H3,(H,23,25). The molecular formula is C20H22ClFN2O4S. The van der Waals surface area contributed by atoms with Crippen LogP contribution in [0.5, 0.6) is 5.75 Å². The van der Waals surface area contributed by atoms with Crippen LogP contribution in [-0.4, -0.2) is 38.8 Å². The highest BCUT2D eigenvalue weighted by Gasteiger charge is 2.29. The van der Waals surface area contributed by atoms with Crippen LogP contribution in [0, 0.1) is 11.7 Å². The molecule has 0 saturated carbocycles. The third kappa shape index (κ3) is 4.71. The number of anilines is 1. The summed E-state index contributed by atoms with van der Waals surface area (Å²) in [5, 5.41) is 2.45. The zero-order valence-electron chi connectivity index (χ0n) is 16.1. The summed E-state index contributed by atoms with van der Waals surface area (Å²) in [6, 6.07) is 7.95. The molecule has 9 heteroatoms. The van der Waals surface area contributed by atoms with E-state index in [1.54, 1.807) is 0 Å². The Morgan fingerprint density at radius 3 is 2.52 bits per heavy atom. The van der Waals surface area contributed by atoms with E-state index in [9.17, 15) is 17.6 Å². The summed E-state index contributed by atoms with van der Waals surface area (Å²) >= 11 is 5.75. The van der Waals surface area contributed by atoms with Crippen LogP contribution in [0.15, 0.2) is 41.3 Å². The molecule has 1 amide bonds. The van der Waals surface area contributed by atoms with E-state index in [0.29, 0.717) is 19.0 Å². The van der Waals surface area contributed by atoms with E-state index in [2.05, 4.69) is 12.2 Å². The van der Waals surface area contributed by atoms with Gasteiger partial charge < -0.3 is 10.1 Å². The lowest BCUT2D eigenvalue weighted by Gasteiger charge is -2.29. The normalized spacial score (nSPS) is 15.9. The summed E-state index contributed by atoms with van der Waals surface area (Å²) in [6.07, 6.45) is 1.60. The second-order valence-corrected chi connectivity index (χ2v) is 9.38. The molecule has 0 radical (unpaired) electrons. The molecule has 29 heavy (non-hydrogen) atoms. The van der Waals surface area contributed by atoms with Crippen LogP contribution in [0.2, 0.25) is 5.02 Å². The quantitative estimate of drug-likeness (QED) is 0.757. The summed E-state index contributed by atoms with van der Waals surface area (Å²) in [5.74, 6) is -0.483. The maximum absolute atomic E-state index is 13.3. The smallest absolute Gasteiger partial charge is 0.259 e. The van der Waals surface area contributed by atoms with Crippen LogP contribution in [0.25, 0.3) is 0 Å². The summed E-state index contributed by atoms with van der Waals surface area (Å²) < 4.78 is 46.0. The van der Waals surface area contributed by atoms with Gasteiger partial charge in [0.15, 0.2) is 0 Å². The number of halogens is 2. The molecule has 0 aromatic heterocycles. The van der Waals surface area contributed by atoms with Crippen LogP contribution in [0.1, 0.15) is 30.1 Å². The zero-order valence-corrected chi connectivity index (χ0v) is 17.7. The summed E-state index contributed by atoms with van der Waals surface area (Å²) in [5.41, 5.74) is 0.334. The van der Waals surface area contributed by atoms with E-state index in [4.69, 9.17) is 16.3 Å². The molecule has 0 aliphatic carbocycles. The number of amides is 1. The molecule has 0 unspecified atom stereocenters. The predicted molar refractivity (Wildman–Crippen MR) is 110 cm³/mol. The lowest BCUT2D eigenvalue weighted by atomic mass is 10.0. The van der Waals surface area contributed by atoms with Crippen molar-refractivity contribution >= 4 is 33.2 Å². The molecular weight excluding hydrogens is 419 g/mol. The van der Waals surface area contributed by atoms with Gasteiger partial charge >= 0.3 is 0 Å². The number of sulfonamides is 1. The molecule has 1 heterocycles. The van der Waals surface area contributed by atoms with Crippen LogP contribution in [0.4, 0.5) is 10.1 Å². The van der Waals surface area contributed by atoms with Gasteiger partial charge in [0.1, 0.15) is 11.6 Å². The molecule has 6 nitrogen and oxygen atoms in total. The van der Waals surface area contributed by atoms with Gasteiger partial charge in [-0.3, -0.25) is 4.79 Å². The number of carbonyl (C=O) groups excluding carboxylic acids is 1. The molecule has 1 N–H and O–H groups in total. The van der Waals surface area contributed by atoms with Crippen molar-refractivity contribution in [2.75, 3.05) is 25.5 Å². The third-order valence-electron chi connectivity index (χ3n) is 4.97. The minimum absolute atomic E-state index is 0.0233. The maximum Gasteiger partial charge on any atom is 0.259 e. The second-order valence-electron chi connectivity index (χ2n) is 7.03. The molecule has 156 valence electrons. The Morgan fingerprint density at radius 1 is 1.21 bits per heavy atom. The van der Waals surface area contributed by atoms with Gasteiger partial charge in [-0.15, -0.1) is 0 Å². The highest BCUT2D eigenvalue weighted by Crippen LogP contribution is 2.28. The molecule has 2 aromatic carbocycles. The van der Waals surface area contributed by atoms with Gasteiger partial charge in [0, 0.05) is 18.8 Å². The van der Waals surface area contributed by atoms with Gasteiger partial charge in [0.25, 0.3) is 5.91 Å². The first kappa shape index (κ1) is 21.5. The number of benzene rings is 2. The number of piperidine rings is 1. The number of nitrogens with one attached hydrogen (secondary N) is 1. The molecule has 0 spiro atoms. The molecule has 3 rings (SSSR count). The molecule has 1 aliphatic rings. The maximum atomic E-state index is 13.3. The summed E-state index contributed by atoms with van der Waals surface area (Å²) in [7, 11) is -2.33. The number of methoxy groups -OCH3 is 1. The minimum Gasteiger partial charge on any atom is -0.496 e. The van der Waals surface area contributed by atoms with Crippen LogP contribution in [-0.2, 0) is 10.0 Å². The first-order chi connectivity index (χ1) is 13.7. The van der Waals surface area contributed by atoms with Gasteiger partial charge in [-0.1, -0.05) is 18.5 Å². The van der Waals surface area contributed by atoms with Crippen molar-refractivity contribution in [1.29, 1.82) is 0 Å². The molecule has 1 aliphatic heterocycles. The molecule has 0 atom stereocenters. The molecule has 0 bridgehead atoms. The molecule has 1 fully saturated rings. The number of ether oxygens (including phenoxy) is 1. The monoisotopic (exact) mass is 440 g/mol. The number of rotatable bonds is 5. The van der Waals surface area contributed by atoms with Gasteiger partial charge in [-0.2, -0.15) is 4.31 Å². The fourth-order valence-electron chi connectivity index (χ4n) is 3.17. The zero-order chi connectivity index (χ0) is 21.2. The van der Waals surface area contributed by atoms with Crippen LogP contribution in [0.3, 0.4) is 0 Å². The molecule has 1 saturated heterocycles. The second kappa shape index (κ2) is 8.69. The van der Waals surface area contributed by atoms with Gasteiger partial charge in [0.2, 0.25) is 10.0 Å². The van der Waals surface area contributed by atoms with Crippen molar-refractivity contribution in [1.82, 2.24) is 4.31 Å². The van der Waals surface area contributed by atoms with E-state index < -0.39 is 21.7 Å². The Kier molecular flexibility index (Phi) is 6.45. The minimum atomic E-state index is -3.72. The Balaban J connectivity index is 1.90. The number of hydrogen-bond acceptors (Lipinski definition) is 4. The lowest BCUT2D eigenvalue weighted by Crippen LogP contribution is -2.37. The first-order valence-corrected chi connectivity index (χ1v) is 11.0. The van der Waals surface area contributed by atoms with E-state index in [1.807, 2.05) is 0 Å². The SMILES string of the molecule is COc1ccc(S(=O)(=O)N2CCC(C)CC2)cc1C(=O)Nc1ccc(F)c(Cl)c1. The first-order valence-electron chi connectivity index (χ1n) is 9.17. The van der Waals surface area contributed by atoms with Crippen LogP contribution < -0.4 is 10.1 Å². The van der Waals surface area contributed by atoms with Gasteiger partial charge in [-0.05, 0) is 55.2 Å². The van der Waals surface area contributed by atoms with Crippen molar-refractivity contribution < 1.29 is 22.3 Å². The van der Waals surface area contributed by atoms with Crippen molar-refractivity contribution in [3.63, 3.8) is 0 Å². The third-order valence-corrected chi connectivity index (χ3v) is 7.16. The van der Waals surface area contributed by atoms with Crippen molar-refractivity contribution in [2.24, 2.45) is 5.92 Å². The molecule has 2 aromatic rings. The Labute approximate surface area is 174 Å². The predicted octanol–water partition coefficient (Wildman–Crippen LogP) is 4.16. The Hall–Kier alpha value is -2.16. The van der Waals surface area contributed by atoms with Gasteiger partial charge in [-0.25, -0.2) is 12.8 Å². The largest absolute Gasteiger partial charge is 0.496 e. The van der Waals surface area contributed by atoms with E-state index in [1.165, 1.54) is 41.7 Å². The van der Waals surface area contributed by atoms with E-state index in [0.717, 1.165) is 18.9 Å². The van der Waals surface area contributed by atoms with Gasteiger partial charge in [0.05, 0.1) is 22.6 Å². The summed E-state index contributed by atoms with van der Waals surface area (Å²) in [6.45, 7) is 3.00. The highest BCUT2D eigenvalue weighted by molar-refractivity contribution is 7.89. The average molecular weight is 441 g/mol. The lowest BCUT2D eigenvalue weighted by molar-refractivity contribution is 0.102. The topological polar surface area (TPSA) is 75.7 Å². The highest BCUT2D eigenvalue weighted by atomic mass is 35.5. The number of carbonyl (C=O) groups is 1. The van der Waals surface area contributed by atoms with Crippen LogP contribution >= 0.6 is 11.6 Å². The number of nitrogens with zero attached hydrogens (tertiary/aromatic N) is 1. The van der Waals surface area contributed by atoms with E-state index in [-0.39, 0.29) is 26.9 Å².